The van der Waals surface area contributed by atoms with Gasteiger partial charge >= 0.3 is 5.97 Å². The average molecular weight is 276 g/mol. The summed E-state index contributed by atoms with van der Waals surface area (Å²) < 4.78 is 5.02. The Hall–Kier alpha value is -2.44. The number of aromatic nitrogens is 2. The van der Waals surface area contributed by atoms with Gasteiger partial charge in [-0.1, -0.05) is 6.92 Å². The van der Waals surface area contributed by atoms with E-state index in [0.29, 0.717) is 11.4 Å². The molecule has 0 radical (unpaired) electrons. The van der Waals surface area contributed by atoms with E-state index in [9.17, 15) is 9.59 Å². The second kappa shape index (κ2) is 5.68. The van der Waals surface area contributed by atoms with Crippen LogP contribution in [0.2, 0.25) is 0 Å². The van der Waals surface area contributed by atoms with Crippen molar-refractivity contribution in [3.05, 3.63) is 23.7 Å². The predicted molar refractivity (Wildman–Crippen MR) is 72.4 cm³/mol. The van der Waals surface area contributed by atoms with Crippen LogP contribution in [-0.4, -0.2) is 34.9 Å². The zero-order valence-electron chi connectivity index (χ0n) is 11.3. The third-order valence-electron chi connectivity index (χ3n) is 3.13. The molecule has 0 amide bonds. The largest absolute Gasteiger partial charge is 0.463 e. The van der Waals surface area contributed by atoms with Crippen molar-refractivity contribution in [2.24, 2.45) is 11.7 Å². The monoisotopic (exact) mass is 276 g/mol. The minimum Gasteiger partial charge on any atom is -0.463 e. The number of hydrogen-bond donors (Lipinski definition) is 2. The lowest BCUT2D eigenvalue weighted by molar-refractivity contribution is -0.138. The van der Waals surface area contributed by atoms with Crippen LogP contribution in [-0.2, 0) is 14.3 Å². The van der Waals surface area contributed by atoms with Crippen molar-refractivity contribution in [2.75, 3.05) is 11.9 Å². The summed E-state index contributed by atoms with van der Waals surface area (Å²) in [7, 11) is 0. The number of ether oxygens (including phenoxy) is 1. The molecule has 1 aliphatic rings. The molecule has 2 atom stereocenters. The summed E-state index contributed by atoms with van der Waals surface area (Å²) in [6, 6.07) is -0.561. The lowest BCUT2D eigenvalue weighted by Gasteiger charge is -2.30. The summed E-state index contributed by atoms with van der Waals surface area (Å²) in [4.78, 5) is 31.1. The fourth-order valence-corrected chi connectivity index (χ4v) is 2.09. The van der Waals surface area contributed by atoms with Crippen molar-refractivity contribution in [3.8, 4) is 0 Å². The van der Waals surface area contributed by atoms with Gasteiger partial charge < -0.3 is 20.6 Å². The molecule has 0 saturated heterocycles. The number of fused-ring (bicyclic) bond motifs is 1. The molecule has 1 aliphatic heterocycles. The van der Waals surface area contributed by atoms with E-state index in [4.69, 9.17) is 10.5 Å². The number of carbonyl (C=O) groups excluding carboxylic acids is 2. The van der Waals surface area contributed by atoms with E-state index in [1.807, 2.05) is 0 Å². The van der Waals surface area contributed by atoms with Crippen LogP contribution in [0.25, 0.3) is 5.70 Å². The first-order valence-corrected chi connectivity index (χ1v) is 6.29. The number of anilines is 1. The number of aldehydes is 1. The molecule has 7 heteroatoms. The number of rotatable bonds is 4. The molecular formula is C13H16N4O3. The quantitative estimate of drug-likeness (QED) is 0.603. The average Bonchev–Trinajstić information content (AvgIpc) is 2.46. The molecule has 2 rings (SSSR count). The summed E-state index contributed by atoms with van der Waals surface area (Å²) in [6.07, 6.45) is 3.65. The Bertz CT molecular complexity index is 570. The Kier molecular flexibility index (Phi) is 3.97. The summed E-state index contributed by atoms with van der Waals surface area (Å²) in [6.45, 7) is 3.64. The zero-order chi connectivity index (χ0) is 14.7. The number of carbonyl (C=O) groups is 2. The maximum Gasteiger partial charge on any atom is 0.338 e. The SMILES string of the molecule is CCOC(=O)C1=C(N)c2cncnc2NC1C(C)C=O. The maximum absolute atomic E-state index is 12.1. The van der Waals surface area contributed by atoms with Crippen molar-refractivity contribution in [2.45, 2.75) is 19.9 Å². The summed E-state index contributed by atoms with van der Waals surface area (Å²) in [5.41, 5.74) is 7.07. The van der Waals surface area contributed by atoms with E-state index in [0.717, 1.165) is 6.29 Å². The van der Waals surface area contributed by atoms with Gasteiger partial charge in [0.2, 0.25) is 0 Å². The zero-order valence-corrected chi connectivity index (χ0v) is 11.3. The van der Waals surface area contributed by atoms with E-state index in [1.165, 1.54) is 12.5 Å². The van der Waals surface area contributed by atoms with Gasteiger partial charge in [-0.2, -0.15) is 0 Å². The van der Waals surface area contributed by atoms with E-state index < -0.39 is 17.9 Å². The van der Waals surface area contributed by atoms with E-state index in [-0.39, 0.29) is 17.9 Å². The fraction of sp³-hybridized carbons (Fsp3) is 0.385. The normalized spacial score (nSPS) is 18.8. The smallest absolute Gasteiger partial charge is 0.338 e. The molecule has 0 aromatic carbocycles. The van der Waals surface area contributed by atoms with E-state index in [2.05, 4.69) is 15.3 Å². The van der Waals surface area contributed by atoms with Gasteiger partial charge in [0.1, 0.15) is 18.4 Å². The van der Waals surface area contributed by atoms with E-state index >= 15 is 0 Å². The first-order valence-electron chi connectivity index (χ1n) is 6.29. The molecule has 106 valence electrons. The molecule has 2 unspecified atom stereocenters. The summed E-state index contributed by atoms with van der Waals surface area (Å²) in [5, 5.41) is 3.05. The second-order valence-corrected chi connectivity index (χ2v) is 4.45. The number of nitrogens with one attached hydrogen (secondary N) is 1. The molecular weight excluding hydrogens is 260 g/mol. The molecule has 7 nitrogen and oxygen atoms in total. The van der Waals surface area contributed by atoms with Crippen LogP contribution in [0.15, 0.2) is 18.1 Å². The van der Waals surface area contributed by atoms with Crippen molar-refractivity contribution >= 4 is 23.8 Å². The van der Waals surface area contributed by atoms with Crippen LogP contribution < -0.4 is 11.1 Å². The highest BCUT2D eigenvalue weighted by Crippen LogP contribution is 2.31. The number of nitrogens with two attached hydrogens (primary N) is 1. The Morgan fingerprint density at radius 1 is 1.65 bits per heavy atom. The first-order chi connectivity index (χ1) is 9.60. The van der Waals surface area contributed by atoms with Crippen LogP contribution in [0.4, 0.5) is 5.82 Å². The molecule has 0 spiro atoms. The third-order valence-corrected chi connectivity index (χ3v) is 3.13. The highest BCUT2D eigenvalue weighted by Gasteiger charge is 2.35. The molecule has 1 aromatic heterocycles. The van der Waals surface area contributed by atoms with Crippen LogP contribution >= 0.6 is 0 Å². The van der Waals surface area contributed by atoms with Crippen molar-refractivity contribution in [1.29, 1.82) is 0 Å². The molecule has 20 heavy (non-hydrogen) atoms. The molecule has 2 heterocycles. The molecule has 0 aliphatic carbocycles. The number of nitrogens with zero attached hydrogens (tertiary/aromatic N) is 2. The molecule has 1 aromatic rings. The van der Waals surface area contributed by atoms with Gasteiger partial charge in [0.05, 0.1) is 29.5 Å². The highest BCUT2D eigenvalue weighted by atomic mass is 16.5. The van der Waals surface area contributed by atoms with Crippen LogP contribution in [0, 0.1) is 5.92 Å². The van der Waals surface area contributed by atoms with Crippen LogP contribution in [0.5, 0.6) is 0 Å². The Morgan fingerprint density at radius 2 is 2.40 bits per heavy atom. The highest BCUT2D eigenvalue weighted by molar-refractivity contribution is 6.02. The third kappa shape index (κ3) is 2.34. The Labute approximate surface area is 116 Å². The van der Waals surface area contributed by atoms with Crippen LogP contribution in [0.3, 0.4) is 0 Å². The minimum absolute atomic E-state index is 0.232. The van der Waals surface area contributed by atoms with Crippen LogP contribution in [0.1, 0.15) is 19.4 Å². The lowest BCUT2D eigenvalue weighted by atomic mass is 9.89. The number of hydrogen-bond acceptors (Lipinski definition) is 7. The molecule has 0 saturated carbocycles. The Balaban J connectivity index is 2.53. The van der Waals surface area contributed by atoms with Gasteiger partial charge in [0.15, 0.2) is 0 Å². The molecule has 0 bridgehead atoms. The summed E-state index contributed by atoms with van der Waals surface area (Å²) >= 11 is 0. The minimum atomic E-state index is -0.561. The van der Waals surface area contributed by atoms with Gasteiger partial charge in [0.25, 0.3) is 0 Å². The van der Waals surface area contributed by atoms with Gasteiger partial charge in [-0.25, -0.2) is 14.8 Å². The maximum atomic E-state index is 12.1. The van der Waals surface area contributed by atoms with Crippen molar-refractivity contribution in [3.63, 3.8) is 0 Å². The topological polar surface area (TPSA) is 107 Å². The fourth-order valence-electron chi connectivity index (χ4n) is 2.09. The van der Waals surface area contributed by atoms with E-state index in [1.54, 1.807) is 13.8 Å². The molecule has 3 N–H and O–H groups in total. The lowest BCUT2D eigenvalue weighted by Crippen LogP contribution is -2.39. The Morgan fingerprint density at radius 3 is 3.05 bits per heavy atom. The second-order valence-electron chi connectivity index (χ2n) is 4.45. The van der Waals surface area contributed by atoms with Crippen molar-refractivity contribution < 1.29 is 14.3 Å². The standard InChI is InChI=1S/C13H16N4O3/c1-3-20-13(19)9-10(14)8-4-15-6-16-12(8)17-11(9)7(2)5-18/h4-7,11H,3,14H2,1-2H3,(H,15,16,17). The number of esters is 1. The predicted octanol–water partition coefficient (Wildman–Crippen LogP) is 0.339. The first kappa shape index (κ1) is 14.0. The van der Waals surface area contributed by atoms with Gasteiger partial charge in [-0.15, -0.1) is 0 Å². The van der Waals surface area contributed by atoms with Gasteiger partial charge in [0, 0.05) is 12.1 Å². The van der Waals surface area contributed by atoms with Crippen molar-refractivity contribution in [1.82, 2.24) is 9.97 Å². The van der Waals surface area contributed by atoms with Gasteiger partial charge in [-0.3, -0.25) is 0 Å². The summed E-state index contributed by atoms with van der Waals surface area (Å²) in [5.74, 6) is -0.481. The molecule has 0 fully saturated rings. The van der Waals surface area contributed by atoms with Gasteiger partial charge in [-0.05, 0) is 6.92 Å².